The summed E-state index contributed by atoms with van der Waals surface area (Å²) in [4.78, 5) is 26.5. The standard InChI is InChI=1S/C19H30N4O3/c1-4-26-17-6-5-14(2)13-16(17)15(3)22-19(25)18(24)21-9-12-23-10-7-20-8-11-23/h5-6,13,15,20H,4,7-12H2,1-3H3,(H,21,24)(H,22,25). The Bertz CT molecular complexity index is 615. The highest BCUT2D eigenvalue weighted by Crippen LogP contribution is 2.26. The topological polar surface area (TPSA) is 82.7 Å². The Morgan fingerprint density at radius 3 is 2.69 bits per heavy atom. The number of ether oxygens (including phenoxy) is 1. The molecule has 26 heavy (non-hydrogen) atoms. The number of carbonyl (C=O) groups excluding carboxylic acids is 2. The van der Waals surface area contributed by atoms with Crippen molar-refractivity contribution in [1.29, 1.82) is 0 Å². The number of nitrogens with zero attached hydrogens (tertiary/aromatic N) is 1. The van der Waals surface area contributed by atoms with Gasteiger partial charge in [0.2, 0.25) is 0 Å². The van der Waals surface area contributed by atoms with E-state index in [1.807, 2.05) is 39.0 Å². The molecule has 7 nitrogen and oxygen atoms in total. The summed E-state index contributed by atoms with van der Waals surface area (Å²) >= 11 is 0. The Labute approximate surface area is 155 Å². The number of rotatable bonds is 7. The van der Waals surface area contributed by atoms with E-state index in [9.17, 15) is 9.59 Å². The third-order valence-electron chi connectivity index (χ3n) is 4.41. The normalized spacial score (nSPS) is 16.0. The first-order valence-corrected chi connectivity index (χ1v) is 9.26. The van der Waals surface area contributed by atoms with Crippen molar-refractivity contribution in [2.75, 3.05) is 45.9 Å². The largest absolute Gasteiger partial charge is 0.494 e. The number of piperazine rings is 1. The van der Waals surface area contributed by atoms with E-state index in [4.69, 9.17) is 4.74 Å². The van der Waals surface area contributed by atoms with Crippen molar-refractivity contribution >= 4 is 11.8 Å². The summed E-state index contributed by atoms with van der Waals surface area (Å²) < 4.78 is 5.62. The van der Waals surface area contributed by atoms with Crippen molar-refractivity contribution < 1.29 is 14.3 Å². The van der Waals surface area contributed by atoms with Crippen molar-refractivity contribution in [3.05, 3.63) is 29.3 Å². The van der Waals surface area contributed by atoms with Gasteiger partial charge in [0.25, 0.3) is 0 Å². The molecule has 1 aliphatic heterocycles. The van der Waals surface area contributed by atoms with Gasteiger partial charge in [0.1, 0.15) is 5.75 Å². The van der Waals surface area contributed by atoms with Crippen molar-refractivity contribution in [1.82, 2.24) is 20.9 Å². The van der Waals surface area contributed by atoms with Crippen LogP contribution in [0.15, 0.2) is 18.2 Å². The number of hydrogen-bond donors (Lipinski definition) is 3. The van der Waals surface area contributed by atoms with Gasteiger partial charge in [0.05, 0.1) is 12.6 Å². The van der Waals surface area contributed by atoms with Crippen LogP contribution in [0.25, 0.3) is 0 Å². The third kappa shape index (κ3) is 6.00. The van der Waals surface area contributed by atoms with Gasteiger partial charge in [-0.15, -0.1) is 0 Å². The van der Waals surface area contributed by atoms with E-state index in [0.717, 1.165) is 49.6 Å². The van der Waals surface area contributed by atoms with E-state index in [1.165, 1.54) is 0 Å². The molecule has 0 saturated carbocycles. The highest BCUT2D eigenvalue weighted by atomic mass is 16.5. The van der Waals surface area contributed by atoms with Gasteiger partial charge in [0.15, 0.2) is 0 Å². The number of hydrogen-bond acceptors (Lipinski definition) is 5. The van der Waals surface area contributed by atoms with Crippen molar-refractivity contribution in [3.8, 4) is 5.75 Å². The predicted octanol–water partition coefficient (Wildman–Crippen LogP) is 0.592. The SMILES string of the molecule is CCOc1ccc(C)cc1C(C)NC(=O)C(=O)NCCN1CCNCC1. The van der Waals surface area contributed by atoms with Gasteiger partial charge in [-0.2, -0.15) is 0 Å². The molecule has 1 saturated heterocycles. The van der Waals surface area contributed by atoms with Gasteiger partial charge in [-0.05, 0) is 26.8 Å². The van der Waals surface area contributed by atoms with Crippen LogP contribution >= 0.6 is 0 Å². The Morgan fingerprint density at radius 2 is 2.00 bits per heavy atom. The molecule has 1 aromatic rings. The summed E-state index contributed by atoms with van der Waals surface area (Å²) in [5.74, 6) is -0.496. The summed E-state index contributed by atoms with van der Waals surface area (Å²) in [5.41, 5.74) is 1.94. The van der Waals surface area contributed by atoms with Crippen LogP contribution in [0, 0.1) is 6.92 Å². The molecule has 0 radical (unpaired) electrons. The third-order valence-corrected chi connectivity index (χ3v) is 4.41. The monoisotopic (exact) mass is 362 g/mol. The number of aryl methyl sites for hydroxylation is 1. The molecule has 0 bridgehead atoms. The zero-order valence-corrected chi connectivity index (χ0v) is 15.9. The lowest BCUT2D eigenvalue weighted by atomic mass is 10.0. The first kappa shape index (κ1) is 20.2. The lowest BCUT2D eigenvalue weighted by Crippen LogP contribution is -2.48. The fourth-order valence-corrected chi connectivity index (χ4v) is 2.98. The summed E-state index contributed by atoms with van der Waals surface area (Å²) in [6, 6.07) is 5.51. The van der Waals surface area contributed by atoms with Gasteiger partial charge < -0.3 is 20.7 Å². The summed E-state index contributed by atoms with van der Waals surface area (Å²) in [6.45, 7) is 11.4. The molecule has 144 valence electrons. The van der Waals surface area contributed by atoms with E-state index < -0.39 is 11.8 Å². The Hall–Kier alpha value is -2.12. The van der Waals surface area contributed by atoms with Crippen molar-refractivity contribution in [2.24, 2.45) is 0 Å². The van der Waals surface area contributed by atoms with Crippen LogP contribution < -0.4 is 20.7 Å². The minimum atomic E-state index is -0.623. The summed E-state index contributed by atoms with van der Waals surface area (Å²) in [5, 5.41) is 8.73. The molecule has 7 heteroatoms. The molecule has 2 amide bonds. The number of benzene rings is 1. The number of carbonyl (C=O) groups is 2. The number of amides is 2. The molecule has 1 aromatic carbocycles. The summed E-state index contributed by atoms with van der Waals surface area (Å²) in [6.07, 6.45) is 0. The minimum Gasteiger partial charge on any atom is -0.494 e. The smallest absolute Gasteiger partial charge is 0.309 e. The van der Waals surface area contributed by atoms with Crippen molar-refractivity contribution in [3.63, 3.8) is 0 Å². The fraction of sp³-hybridized carbons (Fsp3) is 0.579. The molecule has 1 unspecified atom stereocenters. The Balaban J connectivity index is 1.83. The van der Waals surface area contributed by atoms with E-state index in [2.05, 4.69) is 20.9 Å². The predicted molar refractivity (Wildman–Crippen MR) is 101 cm³/mol. The van der Waals surface area contributed by atoms with Gasteiger partial charge in [-0.1, -0.05) is 17.7 Å². The fourth-order valence-electron chi connectivity index (χ4n) is 2.98. The van der Waals surface area contributed by atoms with Crippen molar-refractivity contribution in [2.45, 2.75) is 26.8 Å². The van der Waals surface area contributed by atoms with Crippen LogP contribution in [0.2, 0.25) is 0 Å². The van der Waals surface area contributed by atoms with Crippen LogP contribution in [0.3, 0.4) is 0 Å². The van der Waals surface area contributed by atoms with E-state index in [1.54, 1.807) is 0 Å². The van der Waals surface area contributed by atoms with Gasteiger partial charge >= 0.3 is 11.8 Å². The van der Waals surface area contributed by atoms with E-state index in [0.29, 0.717) is 13.2 Å². The molecule has 0 aromatic heterocycles. The summed E-state index contributed by atoms with van der Waals surface area (Å²) in [7, 11) is 0. The Morgan fingerprint density at radius 1 is 1.27 bits per heavy atom. The maximum Gasteiger partial charge on any atom is 0.309 e. The molecule has 3 N–H and O–H groups in total. The molecular formula is C19H30N4O3. The number of nitrogens with one attached hydrogen (secondary N) is 3. The molecule has 2 rings (SSSR count). The maximum absolute atomic E-state index is 12.2. The minimum absolute atomic E-state index is 0.317. The first-order valence-electron chi connectivity index (χ1n) is 9.26. The van der Waals surface area contributed by atoms with E-state index >= 15 is 0 Å². The molecule has 0 aliphatic carbocycles. The molecule has 0 spiro atoms. The molecule has 1 aliphatic rings. The molecular weight excluding hydrogens is 332 g/mol. The van der Waals surface area contributed by atoms with Gasteiger partial charge in [-0.3, -0.25) is 14.5 Å². The van der Waals surface area contributed by atoms with Crippen LogP contribution in [0.4, 0.5) is 0 Å². The highest BCUT2D eigenvalue weighted by molar-refractivity contribution is 6.35. The van der Waals surface area contributed by atoms with E-state index in [-0.39, 0.29) is 6.04 Å². The molecule has 1 heterocycles. The average molecular weight is 362 g/mol. The lowest BCUT2D eigenvalue weighted by Gasteiger charge is -2.27. The van der Waals surface area contributed by atoms with Crippen LogP contribution in [0.1, 0.15) is 31.0 Å². The second-order valence-electron chi connectivity index (χ2n) is 6.52. The maximum atomic E-state index is 12.2. The zero-order valence-electron chi connectivity index (χ0n) is 15.9. The second-order valence-corrected chi connectivity index (χ2v) is 6.52. The first-order chi connectivity index (χ1) is 12.5. The average Bonchev–Trinajstić information content (AvgIpc) is 2.64. The highest BCUT2D eigenvalue weighted by Gasteiger charge is 2.19. The quantitative estimate of drug-likeness (QED) is 0.619. The lowest BCUT2D eigenvalue weighted by molar-refractivity contribution is -0.139. The van der Waals surface area contributed by atoms with Gasteiger partial charge in [-0.25, -0.2) is 0 Å². The van der Waals surface area contributed by atoms with Crippen LogP contribution in [-0.2, 0) is 9.59 Å². The Kier molecular flexibility index (Phi) is 7.87. The molecule has 1 atom stereocenters. The zero-order chi connectivity index (χ0) is 18.9. The van der Waals surface area contributed by atoms with Crippen LogP contribution in [-0.4, -0.2) is 62.6 Å². The second kappa shape index (κ2) is 10.1. The molecule has 1 fully saturated rings. The van der Waals surface area contributed by atoms with Gasteiger partial charge in [0, 0.05) is 44.8 Å². The van der Waals surface area contributed by atoms with Crippen LogP contribution in [0.5, 0.6) is 5.75 Å².